The molecule has 0 N–H and O–H groups in total. The van der Waals surface area contributed by atoms with Gasteiger partial charge in [0.05, 0.1) is 12.3 Å². The molecule has 0 unspecified atom stereocenters. The van der Waals surface area contributed by atoms with Crippen LogP contribution in [0.1, 0.15) is 18.4 Å². The van der Waals surface area contributed by atoms with Gasteiger partial charge >= 0.3 is 29.6 Å². The molecule has 0 saturated carbocycles. The zero-order valence-corrected chi connectivity index (χ0v) is 25.1. The van der Waals surface area contributed by atoms with E-state index in [1.54, 1.807) is 0 Å². The second-order valence-corrected chi connectivity index (χ2v) is 9.66. The van der Waals surface area contributed by atoms with Crippen molar-refractivity contribution in [1.82, 2.24) is 9.97 Å². The minimum atomic E-state index is -1.07. The van der Waals surface area contributed by atoms with Gasteiger partial charge in [0.15, 0.2) is 5.82 Å². The molecule has 0 aliphatic rings. The van der Waals surface area contributed by atoms with Crippen molar-refractivity contribution in [2.24, 2.45) is 0 Å². The molecule has 0 amide bonds. The molecule has 5 aromatic rings. The summed E-state index contributed by atoms with van der Waals surface area (Å²) in [5, 5.41) is 12.6. The zero-order chi connectivity index (χ0) is 26.3. The van der Waals surface area contributed by atoms with Crippen LogP contribution < -0.4 is 44.1 Å². The summed E-state index contributed by atoms with van der Waals surface area (Å²) >= 11 is 3.46. The SMILES string of the molecule is O=C([O-])CCCOc1ccc2cc(-c3nc(OCc4ccc(Br)cc4)cc(-c4ccccc4)n3)ccc2c1.[Na+]. The van der Waals surface area contributed by atoms with Gasteiger partial charge in [0.25, 0.3) is 0 Å². The smallest absolute Gasteiger partial charge is 0.550 e. The first-order chi connectivity index (χ1) is 18.5. The van der Waals surface area contributed by atoms with Crippen molar-refractivity contribution in [2.45, 2.75) is 19.4 Å². The average Bonchev–Trinajstić information content (AvgIpc) is 2.95. The van der Waals surface area contributed by atoms with Crippen LogP contribution in [0.15, 0.2) is 102 Å². The van der Waals surface area contributed by atoms with Crippen LogP contribution in [0, 0.1) is 0 Å². The molecule has 0 aliphatic carbocycles. The van der Waals surface area contributed by atoms with E-state index in [4.69, 9.17) is 19.4 Å². The summed E-state index contributed by atoms with van der Waals surface area (Å²) < 4.78 is 12.8. The minimum absolute atomic E-state index is 0. The summed E-state index contributed by atoms with van der Waals surface area (Å²) in [6.07, 6.45) is 0.383. The quantitative estimate of drug-likeness (QED) is 0.183. The Morgan fingerprint density at radius 2 is 1.54 bits per heavy atom. The standard InChI is InChI=1S/C31H25BrN2O4.Na/c32-26-13-8-21(9-14-26)20-38-29-19-28(22-5-2-1-3-6-22)33-31(34-29)25-11-10-24-18-27(15-12-23(24)17-25)37-16-4-7-30(35)36;/h1-3,5-6,8-15,17-19H,4,7,16,20H2,(H,35,36);/q;+1/p-1. The number of carbonyl (C=O) groups is 1. The maximum Gasteiger partial charge on any atom is 1.00 e. The predicted molar refractivity (Wildman–Crippen MR) is 149 cm³/mol. The van der Waals surface area contributed by atoms with Gasteiger partial charge in [-0.05, 0) is 59.5 Å². The van der Waals surface area contributed by atoms with Gasteiger partial charge in [-0.15, -0.1) is 0 Å². The van der Waals surface area contributed by atoms with Crippen LogP contribution in [0.4, 0.5) is 0 Å². The molecule has 0 saturated heterocycles. The number of nitrogens with zero attached hydrogens (tertiary/aromatic N) is 2. The van der Waals surface area contributed by atoms with Crippen LogP contribution >= 0.6 is 15.9 Å². The molecular formula is C31H24BrN2NaO4. The molecule has 190 valence electrons. The molecule has 4 aromatic carbocycles. The molecule has 5 rings (SSSR count). The van der Waals surface area contributed by atoms with Crippen molar-refractivity contribution in [3.63, 3.8) is 0 Å². The first-order valence-electron chi connectivity index (χ1n) is 12.2. The van der Waals surface area contributed by atoms with Crippen molar-refractivity contribution in [1.29, 1.82) is 0 Å². The number of halogens is 1. The number of aliphatic carboxylic acids is 1. The normalized spacial score (nSPS) is 10.6. The van der Waals surface area contributed by atoms with E-state index in [1.807, 2.05) is 97.1 Å². The number of aromatic nitrogens is 2. The summed E-state index contributed by atoms with van der Waals surface area (Å²) in [4.78, 5) is 20.2. The number of carbonyl (C=O) groups excluding carboxylic acids is 1. The Morgan fingerprint density at radius 3 is 2.31 bits per heavy atom. The molecule has 0 atom stereocenters. The Bertz CT molecular complexity index is 1560. The molecule has 6 nitrogen and oxygen atoms in total. The van der Waals surface area contributed by atoms with E-state index >= 15 is 0 Å². The van der Waals surface area contributed by atoms with Crippen molar-refractivity contribution in [3.05, 3.63) is 107 Å². The molecule has 8 heteroatoms. The fourth-order valence-corrected chi connectivity index (χ4v) is 4.25. The van der Waals surface area contributed by atoms with Gasteiger partial charge in [0.1, 0.15) is 12.4 Å². The Kier molecular flexibility index (Phi) is 10.1. The van der Waals surface area contributed by atoms with Crippen LogP contribution in [0.2, 0.25) is 0 Å². The number of hydrogen-bond acceptors (Lipinski definition) is 6. The van der Waals surface area contributed by atoms with Crippen molar-refractivity contribution in [3.8, 4) is 34.3 Å². The molecule has 0 bridgehead atoms. The fraction of sp³-hybridized carbons (Fsp3) is 0.129. The van der Waals surface area contributed by atoms with Crippen LogP contribution in [0.5, 0.6) is 11.6 Å². The molecule has 0 fully saturated rings. The van der Waals surface area contributed by atoms with Gasteiger partial charge in [0.2, 0.25) is 5.88 Å². The van der Waals surface area contributed by atoms with Crippen molar-refractivity contribution < 1.29 is 48.9 Å². The molecule has 39 heavy (non-hydrogen) atoms. The molecule has 1 aromatic heterocycles. The van der Waals surface area contributed by atoms with Gasteiger partial charge in [-0.1, -0.05) is 76.6 Å². The molecule has 1 heterocycles. The minimum Gasteiger partial charge on any atom is -0.550 e. The summed E-state index contributed by atoms with van der Waals surface area (Å²) in [7, 11) is 0. The first kappa shape index (κ1) is 28.8. The third kappa shape index (κ3) is 7.90. The number of hydrogen-bond donors (Lipinski definition) is 0. The predicted octanol–water partition coefficient (Wildman–Crippen LogP) is 3.22. The monoisotopic (exact) mass is 590 g/mol. The van der Waals surface area contributed by atoms with E-state index in [0.29, 0.717) is 37.1 Å². The van der Waals surface area contributed by atoms with Crippen molar-refractivity contribution >= 4 is 32.7 Å². The Morgan fingerprint density at radius 1 is 0.795 bits per heavy atom. The van der Waals surface area contributed by atoms with E-state index in [0.717, 1.165) is 37.6 Å². The second kappa shape index (κ2) is 13.7. The van der Waals surface area contributed by atoms with E-state index in [2.05, 4.69) is 15.9 Å². The van der Waals surface area contributed by atoms with Gasteiger partial charge in [-0.3, -0.25) is 0 Å². The summed E-state index contributed by atoms with van der Waals surface area (Å²) in [5.41, 5.74) is 3.66. The van der Waals surface area contributed by atoms with Gasteiger partial charge in [-0.25, -0.2) is 4.98 Å². The summed E-state index contributed by atoms with van der Waals surface area (Å²) in [6, 6.07) is 31.6. The molecular weight excluding hydrogens is 567 g/mol. The maximum atomic E-state index is 10.6. The second-order valence-electron chi connectivity index (χ2n) is 8.74. The first-order valence-corrected chi connectivity index (χ1v) is 13.0. The third-order valence-corrected chi connectivity index (χ3v) is 6.46. The summed E-state index contributed by atoms with van der Waals surface area (Å²) in [6.45, 7) is 0.710. The number of ether oxygens (including phenoxy) is 2. The number of fused-ring (bicyclic) bond motifs is 1. The van der Waals surface area contributed by atoms with E-state index in [9.17, 15) is 9.90 Å². The van der Waals surface area contributed by atoms with Crippen LogP contribution in [-0.4, -0.2) is 22.5 Å². The summed E-state index contributed by atoms with van der Waals surface area (Å²) in [5.74, 6) is 0.688. The molecule has 0 spiro atoms. The topological polar surface area (TPSA) is 84.4 Å². The van der Waals surface area contributed by atoms with Crippen LogP contribution in [0.3, 0.4) is 0 Å². The number of carboxylic acid groups (broad SMARTS) is 1. The largest absolute Gasteiger partial charge is 1.00 e. The number of rotatable bonds is 10. The van der Waals surface area contributed by atoms with Gasteiger partial charge < -0.3 is 19.4 Å². The Balaban J connectivity index is 0.00000353. The van der Waals surface area contributed by atoms with Crippen LogP contribution in [0.25, 0.3) is 33.4 Å². The maximum absolute atomic E-state index is 10.6. The van der Waals surface area contributed by atoms with E-state index in [1.165, 1.54) is 0 Å². The molecule has 0 aliphatic heterocycles. The Labute approximate surface area is 257 Å². The zero-order valence-electron chi connectivity index (χ0n) is 21.5. The number of benzene rings is 4. The van der Waals surface area contributed by atoms with E-state index < -0.39 is 5.97 Å². The van der Waals surface area contributed by atoms with Crippen LogP contribution in [-0.2, 0) is 11.4 Å². The Hall–Kier alpha value is -3.23. The fourth-order valence-electron chi connectivity index (χ4n) is 3.98. The van der Waals surface area contributed by atoms with E-state index in [-0.39, 0.29) is 36.0 Å². The van der Waals surface area contributed by atoms with Gasteiger partial charge in [0, 0.05) is 27.6 Å². The van der Waals surface area contributed by atoms with Gasteiger partial charge in [-0.2, -0.15) is 4.98 Å². The number of carboxylic acids is 1. The third-order valence-electron chi connectivity index (χ3n) is 5.94. The molecule has 0 radical (unpaired) electrons. The average molecular weight is 591 g/mol. The van der Waals surface area contributed by atoms with Crippen molar-refractivity contribution in [2.75, 3.05) is 6.61 Å².